The van der Waals surface area contributed by atoms with Gasteiger partial charge in [0.15, 0.2) is 0 Å². The third-order valence-corrected chi connectivity index (χ3v) is 2.67. The number of aromatic nitrogens is 1. The first-order valence-corrected chi connectivity index (χ1v) is 5.49. The Morgan fingerprint density at radius 2 is 2.13 bits per heavy atom. The molecule has 1 unspecified atom stereocenters. The van der Waals surface area contributed by atoms with E-state index in [1.807, 2.05) is 12.3 Å². The summed E-state index contributed by atoms with van der Waals surface area (Å²) in [5.41, 5.74) is 7.19. The van der Waals surface area contributed by atoms with Crippen molar-refractivity contribution in [1.82, 2.24) is 9.88 Å². The lowest BCUT2D eigenvalue weighted by Gasteiger charge is -2.27. The van der Waals surface area contributed by atoms with Crippen LogP contribution in [-0.2, 0) is 0 Å². The van der Waals surface area contributed by atoms with Crippen LogP contribution in [0.2, 0.25) is 0 Å². The molecule has 0 fully saturated rings. The topological polar surface area (TPSA) is 45.0 Å². The van der Waals surface area contributed by atoms with Crippen LogP contribution in [-0.4, -0.2) is 29.5 Å². The van der Waals surface area contributed by atoms with Crippen LogP contribution in [0.15, 0.2) is 18.3 Å². The lowest BCUT2D eigenvalue weighted by Crippen LogP contribution is -2.33. The fraction of sp³-hybridized carbons (Fsp3) is 0.667. The SMILES string of the molecule is CN(C)C(CCC(C)(C)N)c1ccc[nH]1. The standard InChI is InChI=1S/C12H23N3/c1-12(2,13)8-7-11(15(3)4)10-6-5-9-14-10/h5-6,9,11,14H,7-8,13H2,1-4H3. The molecule has 0 saturated heterocycles. The highest BCUT2D eigenvalue weighted by Gasteiger charge is 2.19. The van der Waals surface area contributed by atoms with Gasteiger partial charge in [-0.05, 0) is 52.9 Å². The minimum atomic E-state index is -0.0825. The molecule has 1 atom stereocenters. The zero-order chi connectivity index (χ0) is 11.5. The molecular weight excluding hydrogens is 186 g/mol. The van der Waals surface area contributed by atoms with E-state index in [0.717, 1.165) is 12.8 Å². The summed E-state index contributed by atoms with van der Waals surface area (Å²) in [4.78, 5) is 5.51. The van der Waals surface area contributed by atoms with Crippen LogP contribution in [0.5, 0.6) is 0 Å². The predicted octanol–water partition coefficient (Wildman–Crippen LogP) is 2.13. The van der Waals surface area contributed by atoms with Gasteiger partial charge in [-0.15, -0.1) is 0 Å². The number of nitrogens with two attached hydrogens (primary N) is 1. The fourth-order valence-electron chi connectivity index (χ4n) is 1.75. The lowest BCUT2D eigenvalue weighted by atomic mass is 9.95. The molecule has 3 heteroatoms. The first-order chi connectivity index (χ1) is 6.90. The quantitative estimate of drug-likeness (QED) is 0.780. The molecule has 0 bridgehead atoms. The van der Waals surface area contributed by atoms with Gasteiger partial charge in [0.25, 0.3) is 0 Å². The van der Waals surface area contributed by atoms with Crippen LogP contribution < -0.4 is 5.73 Å². The number of nitrogens with one attached hydrogen (secondary N) is 1. The van der Waals surface area contributed by atoms with Crippen LogP contribution in [0.4, 0.5) is 0 Å². The summed E-state index contributed by atoms with van der Waals surface area (Å²) in [7, 11) is 4.21. The summed E-state index contributed by atoms with van der Waals surface area (Å²) in [6.07, 6.45) is 4.07. The van der Waals surface area contributed by atoms with Gasteiger partial charge in [0.05, 0.1) is 0 Å². The van der Waals surface area contributed by atoms with Crippen molar-refractivity contribution in [3.63, 3.8) is 0 Å². The molecule has 0 amide bonds. The van der Waals surface area contributed by atoms with Crippen molar-refractivity contribution in [3.05, 3.63) is 24.0 Å². The molecule has 1 rings (SSSR count). The summed E-state index contributed by atoms with van der Waals surface area (Å²) in [5, 5.41) is 0. The highest BCUT2D eigenvalue weighted by molar-refractivity contribution is 5.09. The third kappa shape index (κ3) is 4.06. The Kier molecular flexibility index (Phi) is 3.94. The molecule has 0 aromatic carbocycles. The van der Waals surface area contributed by atoms with Crippen molar-refractivity contribution >= 4 is 0 Å². The molecule has 1 heterocycles. The number of H-pyrrole nitrogens is 1. The van der Waals surface area contributed by atoms with Gasteiger partial charge in [0.2, 0.25) is 0 Å². The summed E-state index contributed by atoms with van der Waals surface area (Å²) in [5.74, 6) is 0. The molecule has 1 aromatic rings. The summed E-state index contributed by atoms with van der Waals surface area (Å²) in [6.45, 7) is 4.16. The van der Waals surface area contributed by atoms with Gasteiger partial charge in [0, 0.05) is 23.5 Å². The van der Waals surface area contributed by atoms with Gasteiger partial charge in [-0.1, -0.05) is 0 Å². The molecule has 0 aliphatic carbocycles. The Hall–Kier alpha value is -0.800. The van der Waals surface area contributed by atoms with Crippen LogP contribution in [0.25, 0.3) is 0 Å². The first-order valence-electron chi connectivity index (χ1n) is 5.49. The smallest absolute Gasteiger partial charge is 0.0493 e. The van der Waals surface area contributed by atoms with Crippen molar-refractivity contribution in [3.8, 4) is 0 Å². The Labute approximate surface area is 92.7 Å². The molecule has 0 saturated carbocycles. The minimum Gasteiger partial charge on any atom is -0.364 e. The van der Waals surface area contributed by atoms with Gasteiger partial charge in [-0.25, -0.2) is 0 Å². The second-order valence-corrected chi connectivity index (χ2v) is 5.13. The summed E-state index contributed by atoms with van der Waals surface area (Å²) >= 11 is 0. The monoisotopic (exact) mass is 209 g/mol. The zero-order valence-electron chi connectivity index (χ0n) is 10.2. The van der Waals surface area contributed by atoms with Crippen LogP contribution in [0, 0.1) is 0 Å². The van der Waals surface area contributed by atoms with Crippen molar-refractivity contribution in [2.24, 2.45) is 5.73 Å². The van der Waals surface area contributed by atoms with E-state index in [9.17, 15) is 0 Å². The number of hydrogen-bond acceptors (Lipinski definition) is 2. The summed E-state index contributed by atoms with van der Waals surface area (Å²) in [6, 6.07) is 4.61. The Balaban J connectivity index is 2.61. The first kappa shape index (κ1) is 12.3. The molecule has 0 spiro atoms. The lowest BCUT2D eigenvalue weighted by molar-refractivity contribution is 0.257. The fourth-order valence-corrected chi connectivity index (χ4v) is 1.75. The van der Waals surface area contributed by atoms with Crippen molar-refractivity contribution in [1.29, 1.82) is 0 Å². The van der Waals surface area contributed by atoms with Crippen LogP contribution in [0.1, 0.15) is 38.4 Å². The maximum Gasteiger partial charge on any atom is 0.0493 e. The van der Waals surface area contributed by atoms with Crippen LogP contribution >= 0.6 is 0 Å². The van der Waals surface area contributed by atoms with E-state index in [1.54, 1.807) is 0 Å². The third-order valence-electron chi connectivity index (χ3n) is 2.67. The van der Waals surface area contributed by atoms with E-state index >= 15 is 0 Å². The second kappa shape index (κ2) is 4.81. The number of hydrogen-bond donors (Lipinski definition) is 2. The predicted molar refractivity (Wildman–Crippen MR) is 64.7 cm³/mol. The maximum absolute atomic E-state index is 6.01. The van der Waals surface area contributed by atoms with Gasteiger partial charge in [-0.3, -0.25) is 0 Å². The molecule has 3 nitrogen and oxygen atoms in total. The average Bonchev–Trinajstić information content (AvgIpc) is 2.54. The molecule has 15 heavy (non-hydrogen) atoms. The van der Waals surface area contributed by atoms with E-state index in [1.165, 1.54) is 5.69 Å². The summed E-state index contributed by atoms with van der Waals surface area (Å²) < 4.78 is 0. The van der Waals surface area contributed by atoms with E-state index in [0.29, 0.717) is 6.04 Å². The van der Waals surface area contributed by atoms with E-state index in [2.05, 4.69) is 43.9 Å². The Bertz CT molecular complexity index is 270. The molecular formula is C12H23N3. The van der Waals surface area contributed by atoms with E-state index in [-0.39, 0.29) is 5.54 Å². The number of rotatable bonds is 5. The van der Waals surface area contributed by atoms with Crippen molar-refractivity contribution in [2.75, 3.05) is 14.1 Å². The molecule has 3 N–H and O–H groups in total. The molecule has 0 radical (unpaired) electrons. The maximum atomic E-state index is 6.01. The molecule has 0 aliphatic rings. The van der Waals surface area contributed by atoms with E-state index < -0.39 is 0 Å². The van der Waals surface area contributed by atoms with E-state index in [4.69, 9.17) is 5.73 Å². The second-order valence-electron chi connectivity index (χ2n) is 5.13. The van der Waals surface area contributed by atoms with Crippen molar-refractivity contribution in [2.45, 2.75) is 38.3 Å². The van der Waals surface area contributed by atoms with Gasteiger partial charge in [0.1, 0.15) is 0 Å². The Morgan fingerprint density at radius 1 is 1.47 bits per heavy atom. The Morgan fingerprint density at radius 3 is 2.53 bits per heavy atom. The van der Waals surface area contributed by atoms with Gasteiger partial charge >= 0.3 is 0 Å². The molecule has 1 aromatic heterocycles. The average molecular weight is 209 g/mol. The highest BCUT2D eigenvalue weighted by Crippen LogP contribution is 2.24. The largest absolute Gasteiger partial charge is 0.364 e. The number of nitrogens with zero attached hydrogens (tertiary/aromatic N) is 1. The minimum absolute atomic E-state index is 0.0825. The molecule has 86 valence electrons. The molecule has 0 aliphatic heterocycles. The van der Waals surface area contributed by atoms with Gasteiger partial charge in [-0.2, -0.15) is 0 Å². The number of aromatic amines is 1. The normalized spacial score (nSPS) is 14.5. The zero-order valence-corrected chi connectivity index (χ0v) is 10.2. The highest BCUT2D eigenvalue weighted by atomic mass is 15.1. The van der Waals surface area contributed by atoms with Crippen molar-refractivity contribution < 1.29 is 0 Å². The van der Waals surface area contributed by atoms with Gasteiger partial charge < -0.3 is 15.6 Å². The van der Waals surface area contributed by atoms with Crippen LogP contribution in [0.3, 0.4) is 0 Å².